The Morgan fingerprint density at radius 1 is 1.37 bits per heavy atom. The standard InChI is InChI=1S/C15H19FN2O/c1-18(2)10-12-5-6-13(9-14(12)16)15(17-11-19)7-3-4-8-15/h5-6,9H,3-4,7-8,10H2,1-2H3. The molecule has 0 N–H and O–H groups in total. The molecule has 1 aliphatic carbocycles. The van der Waals surface area contributed by atoms with E-state index in [4.69, 9.17) is 0 Å². The summed E-state index contributed by atoms with van der Waals surface area (Å²) in [5, 5.41) is 0. The lowest BCUT2D eigenvalue weighted by atomic mass is 9.88. The first-order valence-corrected chi connectivity index (χ1v) is 6.60. The van der Waals surface area contributed by atoms with Crippen LogP contribution >= 0.6 is 0 Å². The Balaban J connectivity index is 2.35. The van der Waals surface area contributed by atoms with E-state index in [-0.39, 0.29) is 5.82 Å². The molecule has 0 bridgehead atoms. The predicted molar refractivity (Wildman–Crippen MR) is 72.1 cm³/mol. The van der Waals surface area contributed by atoms with E-state index in [9.17, 15) is 9.18 Å². The first-order valence-electron chi connectivity index (χ1n) is 6.60. The SMILES string of the molecule is CN(C)Cc1ccc(C2(N=C=O)CCCC2)cc1F. The van der Waals surface area contributed by atoms with E-state index in [0.717, 1.165) is 31.2 Å². The minimum atomic E-state index is -0.542. The van der Waals surface area contributed by atoms with Gasteiger partial charge in [-0.1, -0.05) is 25.0 Å². The second kappa shape index (κ2) is 5.64. The van der Waals surface area contributed by atoms with Crippen LogP contribution in [0.3, 0.4) is 0 Å². The van der Waals surface area contributed by atoms with Crippen LogP contribution in [0.4, 0.5) is 4.39 Å². The van der Waals surface area contributed by atoms with Gasteiger partial charge in [0.2, 0.25) is 6.08 Å². The van der Waals surface area contributed by atoms with Crippen molar-refractivity contribution in [2.75, 3.05) is 14.1 Å². The van der Waals surface area contributed by atoms with Crippen LogP contribution < -0.4 is 0 Å². The van der Waals surface area contributed by atoms with Gasteiger partial charge in [-0.15, -0.1) is 0 Å². The molecule has 0 unspecified atom stereocenters. The maximum absolute atomic E-state index is 14.1. The minimum absolute atomic E-state index is 0.224. The van der Waals surface area contributed by atoms with Crippen LogP contribution in [0.1, 0.15) is 36.8 Å². The van der Waals surface area contributed by atoms with Crippen molar-refractivity contribution in [2.24, 2.45) is 4.99 Å². The van der Waals surface area contributed by atoms with Crippen molar-refractivity contribution >= 4 is 6.08 Å². The van der Waals surface area contributed by atoms with Crippen LogP contribution in [0.5, 0.6) is 0 Å². The zero-order valence-electron chi connectivity index (χ0n) is 11.4. The number of aliphatic imine (C=N–C) groups is 1. The van der Waals surface area contributed by atoms with Crippen molar-refractivity contribution in [3.63, 3.8) is 0 Å². The first kappa shape index (κ1) is 13.9. The fraction of sp³-hybridized carbons (Fsp3) is 0.533. The highest BCUT2D eigenvalue weighted by Gasteiger charge is 2.36. The lowest BCUT2D eigenvalue weighted by Crippen LogP contribution is -2.20. The minimum Gasteiger partial charge on any atom is -0.305 e. The van der Waals surface area contributed by atoms with Crippen LogP contribution in [0, 0.1) is 5.82 Å². The summed E-state index contributed by atoms with van der Waals surface area (Å²) in [5.74, 6) is -0.224. The number of hydrogen-bond donors (Lipinski definition) is 0. The predicted octanol–water partition coefficient (Wildman–Crippen LogP) is 2.99. The summed E-state index contributed by atoms with van der Waals surface area (Å²) in [6.07, 6.45) is 5.30. The molecule has 1 aromatic rings. The third-order valence-electron chi connectivity index (χ3n) is 3.77. The van der Waals surface area contributed by atoms with Crippen molar-refractivity contribution < 1.29 is 9.18 Å². The highest BCUT2D eigenvalue weighted by atomic mass is 19.1. The maximum atomic E-state index is 14.1. The summed E-state index contributed by atoms with van der Waals surface area (Å²) < 4.78 is 14.1. The Morgan fingerprint density at radius 3 is 2.58 bits per heavy atom. The Morgan fingerprint density at radius 2 is 2.05 bits per heavy atom. The molecular weight excluding hydrogens is 243 g/mol. The van der Waals surface area contributed by atoms with Gasteiger partial charge in [0.05, 0.1) is 5.54 Å². The third kappa shape index (κ3) is 2.91. The van der Waals surface area contributed by atoms with Crippen LogP contribution in [0.25, 0.3) is 0 Å². The number of nitrogens with zero attached hydrogens (tertiary/aromatic N) is 2. The average Bonchev–Trinajstić information content (AvgIpc) is 2.81. The molecule has 1 fully saturated rings. The molecule has 0 aliphatic heterocycles. The highest BCUT2D eigenvalue weighted by molar-refractivity contribution is 5.39. The fourth-order valence-electron chi connectivity index (χ4n) is 2.82. The molecule has 0 atom stereocenters. The van der Waals surface area contributed by atoms with Crippen LogP contribution in [0.15, 0.2) is 23.2 Å². The quantitative estimate of drug-likeness (QED) is 0.617. The lowest BCUT2D eigenvalue weighted by molar-refractivity contribution is 0.391. The fourth-order valence-corrected chi connectivity index (χ4v) is 2.82. The first-order chi connectivity index (χ1) is 9.07. The van der Waals surface area contributed by atoms with Gasteiger partial charge in [-0.25, -0.2) is 9.18 Å². The van der Waals surface area contributed by atoms with E-state index in [1.807, 2.05) is 25.1 Å². The van der Waals surface area contributed by atoms with Gasteiger partial charge >= 0.3 is 0 Å². The summed E-state index contributed by atoms with van der Waals surface area (Å²) in [6, 6.07) is 5.23. The van der Waals surface area contributed by atoms with Gasteiger partial charge in [0.1, 0.15) is 5.82 Å². The Hall–Kier alpha value is -1.51. The van der Waals surface area contributed by atoms with Crippen LogP contribution in [-0.4, -0.2) is 25.1 Å². The molecule has 1 aliphatic rings. The Labute approximate surface area is 113 Å². The Bertz CT molecular complexity index is 501. The normalized spacial score (nSPS) is 17.5. The summed E-state index contributed by atoms with van der Waals surface area (Å²) >= 11 is 0. The second-order valence-corrected chi connectivity index (χ2v) is 5.49. The van der Waals surface area contributed by atoms with Gasteiger partial charge < -0.3 is 4.90 Å². The molecule has 1 aromatic carbocycles. The van der Waals surface area contributed by atoms with Crippen LogP contribution in [0.2, 0.25) is 0 Å². The second-order valence-electron chi connectivity index (χ2n) is 5.49. The van der Waals surface area contributed by atoms with Crippen molar-refractivity contribution in [1.82, 2.24) is 4.90 Å². The zero-order chi connectivity index (χ0) is 13.9. The monoisotopic (exact) mass is 262 g/mol. The van der Waals surface area contributed by atoms with Crippen molar-refractivity contribution in [3.8, 4) is 0 Å². The molecule has 1 saturated carbocycles. The van der Waals surface area contributed by atoms with Gasteiger partial charge in [-0.2, -0.15) is 4.99 Å². The molecule has 0 spiro atoms. The summed E-state index contributed by atoms with van der Waals surface area (Å²) in [7, 11) is 3.81. The summed E-state index contributed by atoms with van der Waals surface area (Å²) in [4.78, 5) is 16.5. The molecule has 19 heavy (non-hydrogen) atoms. The van der Waals surface area contributed by atoms with E-state index in [2.05, 4.69) is 4.99 Å². The van der Waals surface area contributed by atoms with E-state index < -0.39 is 5.54 Å². The van der Waals surface area contributed by atoms with Crippen molar-refractivity contribution in [3.05, 3.63) is 35.1 Å². The van der Waals surface area contributed by atoms with Gasteiger partial charge in [0.25, 0.3) is 0 Å². The largest absolute Gasteiger partial charge is 0.305 e. The summed E-state index contributed by atoms with van der Waals surface area (Å²) in [5.41, 5.74) is 0.921. The molecule has 102 valence electrons. The third-order valence-corrected chi connectivity index (χ3v) is 3.77. The molecule has 0 heterocycles. The van der Waals surface area contributed by atoms with Crippen molar-refractivity contribution in [1.29, 1.82) is 0 Å². The molecule has 2 rings (SSSR count). The molecule has 0 saturated heterocycles. The van der Waals surface area contributed by atoms with Gasteiger partial charge in [0.15, 0.2) is 0 Å². The molecule has 0 aromatic heterocycles. The molecule has 3 nitrogen and oxygen atoms in total. The van der Waals surface area contributed by atoms with E-state index in [1.54, 1.807) is 12.1 Å². The Kier molecular flexibility index (Phi) is 4.13. The van der Waals surface area contributed by atoms with Crippen LogP contribution in [-0.2, 0) is 16.9 Å². The molecule has 0 amide bonds. The van der Waals surface area contributed by atoms with E-state index >= 15 is 0 Å². The van der Waals surface area contributed by atoms with Crippen molar-refractivity contribution in [2.45, 2.75) is 37.8 Å². The lowest BCUT2D eigenvalue weighted by Gasteiger charge is -2.23. The van der Waals surface area contributed by atoms with Gasteiger partial charge in [-0.05, 0) is 38.6 Å². The number of rotatable bonds is 4. The number of isocyanates is 1. The zero-order valence-corrected chi connectivity index (χ0v) is 11.4. The van der Waals surface area contributed by atoms with E-state index in [1.165, 1.54) is 6.07 Å². The number of benzene rings is 1. The summed E-state index contributed by atoms with van der Waals surface area (Å²) in [6.45, 7) is 0.566. The highest BCUT2D eigenvalue weighted by Crippen LogP contribution is 2.42. The number of halogens is 1. The number of carbonyl (C=O) groups excluding carboxylic acids is 1. The molecular formula is C15H19FN2O. The van der Waals surface area contributed by atoms with Gasteiger partial charge in [0, 0.05) is 12.1 Å². The molecule has 4 heteroatoms. The number of hydrogen-bond acceptors (Lipinski definition) is 3. The molecule has 0 radical (unpaired) electrons. The van der Waals surface area contributed by atoms with Gasteiger partial charge in [-0.3, -0.25) is 0 Å². The average molecular weight is 262 g/mol. The maximum Gasteiger partial charge on any atom is 0.235 e. The smallest absolute Gasteiger partial charge is 0.235 e. The topological polar surface area (TPSA) is 32.7 Å². The van der Waals surface area contributed by atoms with E-state index in [0.29, 0.717) is 12.1 Å².